The molecule has 4 rings (SSSR count). The van der Waals surface area contributed by atoms with Gasteiger partial charge in [0.05, 0.1) is 0 Å². The summed E-state index contributed by atoms with van der Waals surface area (Å²) in [5.41, 5.74) is 0.998. The standard InChI is InChI=1S/C18H20N2O2S/c1-23-13-4-2-3-11(9-13)16-7-8-17(22-16)18(21)20-15-10-12-5-6-14(15)19-12/h2-4,7-9,12,14-15,19H,5-6,10H2,1H3,(H,20,21). The van der Waals surface area contributed by atoms with Gasteiger partial charge < -0.3 is 15.1 Å². The summed E-state index contributed by atoms with van der Waals surface area (Å²) in [7, 11) is 0. The van der Waals surface area contributed by atoms with Crippen LogP contribution in [0.2, 0.25) is 0 Å². The van der Waals surface area contributed by atoms with Gasteiger partial charge in [-0.3, -0.25) is 4.79 Å². The zero-order chi connectivity index (χ0) is 15.8. The van der Waals surface area contributed by atoms with Gasteiger partial charge in [-0.2, -0.15) is 0 Å². The van der Waals surface area contributed by atoms with Gasteiger partial charge in [0.2, 0.25) is 0 Å². The first-order valence-corrected chi connectivity index (χ1v) is 9.26. The second-order valence-corrected chi connectivity index (χ2v) is 7.14. The van der Waals surface area contributed by atoms with E-state index in [1.807, 2.05) is 24.5 Å². The number of furan rings is 1. The molecule has 2 saturated heterocycles. The molecule has 1 amide bonds. The van der Waals surface area contributed by atoms with Gasteiger partial charge in [-0.25, -0.2) is 0 Å². The van der Waals surface area contributed by atoms with Crippen molar-refractivity contribution in [2.45, 2.75) is 42.3 Å². The molecular weight excluding hydrogens is 308 g/mol. The number of hydrogen-bond donors (Lipinski definition) is 2. The van der Waals surface area contributed by atoms with Crippen molar-refractivity contribution in [1.29, 1.82) is 0 Å². The minimum atomic E-state index is -0.114. The second kappa shape index (κ2) is 6.06. The highest BCUT2D eigenvalue weighted by Crippen LogP contribution is 2.29. The van der Waals surface area contributed by atoms with E-state index in [9.17, 15) is 4.79 Å². The fourth-order valence-electron chi connectivity index (χ4n) is 3.61. The van der Waals surface area contributed by atoms with Crippen LogP contribution in [0.25, 0.3) is 11.3 Å². The lowest BCUT2D eigenvalue weighted by Crippen LogP contribution is -2.42. The lowest BCUT2D eigenvalue weighted by atomic mass is 9.95. The second-order valence-electron chi connectivity index (χ2n) is 6.26. The molecule has 23 heavy (non-hydrogen) atoms. The Hall–Kier alpha value is -1.72. The van der Waals surface area contributed by atoms with Crippen LogP contribution in [0, 0.1) is 0 Å². The molecule has 0 aliphatic carbocycles. The monoisotopic (exact) mass is 328 g/mol. The molecule has 120 valence electrons. The zero-order valence-corrected chi connectivity index (χ0v) is 13.9. The molecular formula is C18H20N2O2S. The third-order valence-corrected chi connectivity index (χ3v) is 5.53. The first-order valence-electron chi connectivity index (χ1n) is 8.04. The third kappa shape index (κ3) is 2.91. The lowest BCUT2D eigenvalue weighted by molar-refractivity contribution is 0.0903. The normalized spacial score (nSPS) is 25.7. The number of hydrogen-bond acceptors (Lipinski definition) is 4. The van der Waals surface area contributed by atoms with Crippen LogP contribution in [-0.2, 0) is 0 Å². The van der Waals surface area contributed by atoms with Crippen molar-refractivity contribution in [2.24, 2.45) is 0 Å². The maximum Gasteiger partial charge on any atom is 0.287 e. The summed E-state index contributed by atoms with van der Waals surface area (Å²) in [6.45, 7) is 0. The summed E-state index contributed by atoms with van der Waals surface area (Å²) in [6, 6.07) is 13.0. The van der Waals surface area contributed by atoms with Crippen molar-refractivity contribution >= 4 is 17.7 Å². The Morgan fingerprint density at radius 2 is 2.22 bits per heavy atom. The molecule has 2 aliphatic rings. The van der Waals surface area contributed by atoms with Crippen LogP contribution >= 0.6 is 11.8 Å². The van der Waals surface area contributed by atoms with Crippen molar-refractivity contribution in [3.8, 4) is 11.3 Å². The number of rotatable bonds is 4. The molecule has 0 saturated carbocycles. The van der Waals surface area contributed by atoms with Gasteiger partial charge in [-0.1, -0.05) is 12.1 Å². The molecule has 1 aromatic heterocycles. The van der Waals surface area contributed by atoms with Gasteiger partial charge in [0.15, 0.2) is 5.76 Å². The Labute approximate surface area is 140 Å². The molecule has 2 aliphatic heterocycles. The van der Waals surface area contributed by atoms with Crippen molar-refractivity contribution in [3.05, 3.63) is 42.2 Å². The largest absolute Gasteiger partial charge is 0.451 e. The van der Waals surface area contributed by atoms with Crippen LogP contribution < -0.4 is 10.6 Å². The Kier molecular flexibility index (Phi) is 3.91. The van der Waals surface area contributed by atoms with Crippen molar-refractivity contribution in [3.63, 3.8) is 0 Å². The van der Waals surface area contributed by atoms with Gasteiger partial charge in [0.1, 0.15) is 5.76 Å². The first kappa shape index (κ1) is 14.8. The fourth-order valence-corrected chi connectivity index (χ4v) is 4.07. The maximum atomic E-state index is 12.4. The SMILES string of the molecule is CSc1cccc(-c2ccc(C(=O)NC3CC4CCC3N4)o2)c1. The summed E-state index contributed by atoms with van der Waals surface area (Å²) in [5, 5.41) is 6.65. The van der Waals surface area contributed by atoms with Crippen molar-refractivity contribution < 1.29 is 9.21 Å². The lowest BCUT2D eigenvalue weighted by Gasteiger charge is -2.20. The number of nitrogens with one attached hydrogen (secondary N) is 2. The Morgan fingerprint density at radius 1 is 1.30 bits per heavy atom. The molecule has 2 fully saturated rings. The van der Waals surface area contributed by atoms with Gasteiger partial charge in [-0.15, -0.1) is 11.8 Å². The van der Waals surface area contributed by atoms with E-state index in [0.29, 0.717) is 17.8 Å². The average Bonchev–Trinajstić information content (AvgIpc) is 3.31. The quantitative estimate of drug-likeness (QED) is 0.846. The highest BCUT2D eigenvalue weighted by Gasteiger charge is 2.39. The average molecular weight is 328 g/mol. The number of fused-ring (bicyclic) bond motifs is 2. The number of amides is 1. The van der Waals surface area contributed by atoms with E-state index in [1.54, 1.807) is 17.8 Å². The molecule has 3 unspecified atom stereocenters. The Morgan fingerprint density at radius 3 is 2.96 bits per heavy atom. The van der Waals surface area contributed by atoms with E-state index < -0.39 is 0 Å². The highest BCUT2D eigenvalue weighted by atomic mass is 32.2. The van der Waals surface area contributed by atoms with Crippen LogP contribution in [0.4, 0.5) is 0 Å². The van der Waals surface area contributed by atoms with Crippen LogP contribution in [0.1, 0.15) is 29.8 Å². The number of benzene rings is 1. The van der Waals surface area contributed by atoms with E-state index in [4.69, 9.17) is 4.42 Å². The molecule has 4 nitrogen and oxygen atoms in total. The topological polar surface area (TPSA) is 54.3 Å². The summed E-state index contributed by atoms with van der Waals surface area (Å²) in [6.07, 6.45) is 5.46. The molecule has 0 spiro atoms. The van der Waals surface area contributed by atoms with Crippen molar-refractivity contribution in [2.75, 3.05) is 6.26 Å². The molecule has 0 radical (unpaired) electrons. The van der Waals surface area contributed by atoms with Crippen LogP contribution in [0.5, 0.6) is 0 Å². The van der Waals surface area contributed by atoms with Gasteiger partial charge in [-0.05, 0) is 49.8 Å². The van der Waals surface area contributed by atoms with Gasteiger partial charge >= 0.3 is 0 Å². The maximum absolute atomic E-state index is 12.4. The Balaban J connectivity index is 1.47. The van der Waals surface area contributed by atoms with Gasteiger partial charge in [0.25, 0.3) is 5.91 Å². The minimum absolute atomic E-state index is 0.114. The molecule has 2 N–H and O–H groups in total. The van der Waals surface area contributed by atoms with Crippen molar-refractivity contribution in [1.82, 2.24) is 10.6 Å². The Bertz CT molecular complexity index is 727. The smallest absolute Gasteiger partial charge is 0.287 e. The predicted octanol–water partition coefficient (Wildman–Crippen LogP) is 3.29. The predicted molar refractivity (Wildman–Crippen MR) is 91.7 cm³/mol. The molecule has 3 heterocycles. The van der Waals surface area contributed by atoms with Crippen LogP contribution in [-0.4, -0.2) is 30.3 Å². The van der Waals surface area contributed by atoms with E-state index in [-0.39, 0.29) is 11.9 Å². The molecule has 1 aromatic carbocycles. The molecule has 5 heteroatoms. The van der Waals surface area contributed by atoms with Gasteiger partial charge in [0, 0.05) is 28.6 Å². The van der Waals surface area contributed by atoms with Crippen LogP contribution in [0.3, 0.4) is 0 Å². The summed E-state index contributed by atoms with van der Waals surface area (Å²) in [5.74, 6) is 1.01. The third-order valence-electron chi connectivity index (χ3n) is 4.80. The molecule has 2 aromatic rings. The molecule has 2 bridgehead atoms. The summed E-state index contributed by atoms with van der Waals surface area (Å²) >= 11 is 1.69. The van der Waals surface area contributed by atoms with E-state index in [2.05, 4.69) is 22.8 Å². The number of carbonyl (C=O) groups excluding carboxylic acids is 1. The highest BCUT2D eigenvalue weighted by molar-refractivity contribution is 7.98. The van der Waals surface area contributed by atoms with Crippen LogP contribution in [0.15, 0.2) is 45.7 Å². The minimum Gasteiger partial charge on any atom is -0.451 e. The first-order chi connectivity index (χ1) is 11.2. The summed E-state index contributed by atoms with van der Waals surface area (Å²) in [4.78, 5) is 13.6. The molecule has 3 atom stereocenters. The van der Waals surface area contributed by atoms with E-state index in [1.165, 1.54) is 11.3 Å². The van der Waals surface area contributed by atoms with E-state index in [0.717, 1.165) is 24.2 Å². The fraction of sp³-hybridized carbons (Fsp3) is 0.389. The summed E-state index contributed by atoms with van der Waals surface area (Å²) < 4.78 is 5.78. The van der Waals surface area contributed by atoms with E-state index >= 15 is 0 Å². The zero-order valence-electron chi connectivity index (χ0n) is 13.0. The number of thioether (sulfide) groups is 1. The number of carbonyl (C=O) groups is 1.